The van der Waals surface area contributed by atoms with Gasteiger partial charge in [0.2, 0.25) is 5.91 Å². The topological polar surface area (TPSA) is 317 Å². The van der Waals surface area contributed by atoms with Crippen LogP contribution >= 0.6 is 15.6 Å². The number of nitrogens with one attached hydrogen (secondary N) is 1. The summed E-state index contributed by atoms with van der Waals surface area (Å²) in [4.78, 5) is 58.9. The second-order valence-electron chi connectivity index (χ2n) is 7.94. The van der Waals surface area contributed by atoms with E-state index in [1.807, 2.05) is 5.32 Å². The number of aliphatic carboxylic acids is 1. The van der Waals surface area contributed by atoms with Gasteiger partial charge < -0.3 is 59.2 Å². The third-order valence-corrected chi connectivity index (χ3v) is 7.89. The van der Waals surface area contributed by atoms with Gasteiger partial charge in [0.1, 0.15) is 42.7 Å². The van der Waals surface area contributed by atoms with E-state index in [-0.39, 0.29) is 102 Å². The summed E-state index contributed by atoms with van der Waals surface area (Å²) in [6.07, 6.45) is -18.8. The first-order chi connectivity index (χ1) is 17.0. The van der Waals surface area contributed by atoms with Gasteiger partial charge in [-0.05, 0) is 0 Å². The number of hydrogen-bond acceptors (Lipinski definition) is 18. The van der Waals surface area contributed by atoms with Crippen molar-refractivity contribution in [3.63, 3.8) is 0 Å². The predicted molar refractivity (Wildman–Crippen MR) is 101 cm³/mol. The summed E-state index contributed by atoms with van der Waals surface area (Å²) in [5.74, 6) is -2.73. The van der Waals surface area contributed by atoms with Gasteiger partial charge in [-0.25, -0.2) is 9.11 Å². The molecule has 6 N–H and O–H groups in total. The molecule has 0 aromatic rings. The van der Waals surface area contributed by atoms with Crippen LogP contribution in [0.3, 0.4) is 0 Å². The Morgan fingerprint density at radius 3 is 2.10 bits per heavy atom. The predicted octanol–water partition coefficient (Wildman–Crippen LogP) is -16.1. The minimum absolute atomic E-state index is 0. The maximum absolute atomic E-state index is 12.0. The number of rotatable bonds is 9. The summed E-state index contributed by atoms with van der Waals surface area (Å²) < 4.78 is 45.9. The molecule has 0 bridgehead atoms. The molecule has 2 unspecified atom stereocenters. The smallest absolute Gasteiger partial charge is 0.756 e. The van der Waals surface area contributed by atoms with Crippen LogP contribution in [0.2, 0.25) is 0 Å². The first-order valence-corrected chi connectivity index (χ1v) is 13.1. The van der Waals surface area contributed by atoms with Crippen LogP contribution in [0.15, 0.2) is 0 Å². The number of imide groups is 1. The number of aliphatic hydroxyl groups is 5. The normalized spacial score (nSPS) is 37.1. The van der Waals surface area contributed by atoms with Crippen molar-refractivity contribution in [1.82, 2.24) is 10.2 Å². The monoisotopic (exact) mass is 648 g/mol. The number of amides is 3. The van der Waals surface area contributed by atoms with Gasteiger partial charge >= 0.3 is 94.7 Å². The van der Waals surface area contributed by atoms with E-state index in [1.165, 1.54) is 0 Å². The molecule has 3 fully saturated rings. The molecule has 25 heteroatoms. The second-order valence-corrected chi connectivity index (χ2v) is 10.8. The molecule has 3 saturated heterocycles. The standard InChI is InChI=1S/C15H24N2O18P2.3Na/c18-5-1-2-17(15(26)16-5)12-9(22)6(19)4(32-12)3-31-36(27,28)35-37(29,30)34-14-10(23)7(20)8(21)11(33-14)13(24)25;;;/h4,6-12,14,19-23H,1-3H2,(H,24,25)(H,27,28)(H,29,30)(H,16,18,26);;;/q;3*+1/p-3/t4-,6-,7+,8-,9-,10-,11+,12-,14-;;;/m1.../s1. The third-order valence-electron chi connectivity index (χ3n) is 5.36. The molecule has 0 aliphatic carbocycles. The van der Waals surface area contributed by atoms with E-state index in [0.29, 0.717) is 0 Å². The largest absolute Gasteiger partial charge is 1.00 e. The van der Waals surface area contributed by atoms with Crippen LogP contribution in [0, 0.1) is 0 Å². The number of carbonyl (C=O) groups is 3. The molecule has 0 spiro atoms. The number of nitrogens with zero attached hydrogens (tertiary/aromatic N) is 1. The first-order valence-electron chi connectivity index (χ1n) is 10.2. The summed E-state index contributed by atoms with van der Waals surface area (Å²) in [6.45, 7) is -1.35. The van der Waals surface area contributed by atoms with E-state index >= 15 is 0 Å². The Labute approximate surface area is 291 Å². The average Bonchev–Trinajstić information content (AvgIpc) is 3.05. The van der Waals surface area contributed by atoms with Crippen LogP contribution in [0.4, 0.5) is 4.79 Å². The van der Waals surface area contributed by atoms with E-state index in [0.717, 1.165) is 4.90 Å². The minimum atomic E-state index is -6.05. The SMILES string of the molecule is O=C1CCN([C@@H]2O[C@H](COP(=O)([O-])OP(=O)([O-])O[C@H]3O[C@H](C(=O)[O-])[C@H](O)[C@H](O)[C@H]3O)[C@@H](O)[C@H]2O)C(=O)N1.[Na+].[Na+].[Na+]. The summed E-state index contributed by atoms with van der Waals surface area (Å²) in [5, 5.41) is 62.0. The molecule has 0 saturated carbocycles. The number of carboxylic acid groups (broad SMARTS) is 1. The molecule has 40 heavy (non-hydrogen) atoms. The van der Waals surface area contributed by atoms with Gasteiger partial charge in [0.15, 0.2) is 12.5 Å². The number of hydrogen-bond donors (Lipinski definition) is 6. The zero-order chi connectivity index (χ0) is 27.9. The Bertz CT molecular complexity index is 1010. The second kappa shape index (κ2) is 16.6. The van der Waals surface area contributed by atoms with Crippen LogP contribution in [-0.4, -0.2) is 117 Å². The van der Waals surface area contributed by atoms with Gasteiger partial charge in [-0.15, -0.1) is 0 Å². The van der Waals surface area contributed by atoms with Crippen LogP contribution in [0.1, 0.15) is 6.42 Å². The fourth-order valence-electron chi connectivity index (χ4n) is 3.53. The van der Waals surface area contributed by atoms with Crippen molar-refractivity contribution in [3.8, 4) is 0 Å². The Kier molecular flexibility index (Phi) is 17.2. The van der Waals surface area contributed by atoms with Gasteiger partial charge in [-0.2, -0.15) is 0 Å². The molecule has 3 amide bonds. The van der Waals surface area contributed by atoms with Crippen LogP contribution in [-0.2, 0) is 41.6 Å². The van der Waals surface area contributed by atoms with E-state index in [4.69, 9.17) is 4.74 Å². The zero-order valence-electron chi connectivity index (χ0n) is 21.2. The van der Waals surface area contributed by atoms with Crippen LogP contribution < -0.4 is 109 Å². The number of phosphoric ester groups is 2. The zero-order valence-corrected chi connectivity index (χ0v) is 29.0. The molecule has 11 atom stereocenters. The quantitative estimate of drug-likeness (QED) is 0.0998. The molecular weight excluding hydrogens is 627 g/mol. The molecule has 0 aromatic carbocycles. The van der Waals surface area contributed by atoms with Crippen molar-refractivity contribution < 1.29 is 175 Å². The molecule has 3 rings (SSSR count). The molecule has 3 aliphatic rings. The molecule has 3 aliphatic heterocycles. The Morgan fingerprint density at radius 2 is 1.55 bits per heavy atom. The number of phosphoric acid groups is 2. The fraction of sp³-hybridized carbons (Fsp3) is 0.800. The van der Waals surface area contributed by atoms with Crippen LogP contribution in [0.5, 0.6) is 0 Å². The molecular formula is C15H21N2Na3O18P2. The average molecular weight is 648 g/mol. The fourth-order valence-corrected chi connectivity index (χ4v) is 5.61. The Morgan fingerprint density at radius 1 is 0.950 bits per heavy atom. The van der Waals surface area contributed by atoms with E-state index in [1.54, 1.807) is 0 Å². The van der Waals surface area contributed by atoms with Gasteiger partial charge in [0, 0.05) is 13.0 Å². The number of ether oxygens (including phenoxy) is 2. The molecule has 0 radical (unpaired) electrons. The molecule has 212 valence electrons. The van der Waals surface area contributed by atoms with Crippen molar-refractivity contribution in [2.75, 3.05) is 13.2 Å². The molecule has 20 nitrogen and oxygen atoms in total. The number of urea groups is 1. The van der Waals surface area contributed by atoms with Gasteiger partial charge in [-0.1, -0.05) is 0 Å². The summed E-state index contributed by atoms with van der Waals surface area (Å²) in [6, 6.07) is -0.956. The van der Waals surface area contributed by atoms with Gasteiger partial charge in [0.05, 0.1) is 12.6 Å². The van der Waals surface area contributed by atoms with E-state index in [9.17, 15) is 63.9 Å². The van der Waals surface area contributed by atoms with Gasteiger partial charge in [-0.3, -0.25) is 28.7 Å². The third kappa shape index (κ3) is 10.2. The van der Waals surface area contributed by atoms with E-state index < -0.39 is 95.4 Å². The summed E-state index contributed by atoms with van der Waals surface area (Å²) in [7, 11) is -11.9. The molecule has 3 heterocycles. The summed E-state index contributed by atoms with van der Waals surface area (Å²) in [5.41, 5.74) is 0. The summed E-state index contributed by atoms with van der Waals surface area (Å²) >= 11 is 0. The van der Waals surface area contributed by atoms with Crippen molar-refractivity contribution in [2.45, 2.75) is 61.7 Å². The maximum Gasteiger partial charge on any atom is 1.00 e. The Balaban J connectivity index is 0.00000507. The minimum Gasteiger partial charge on any atom is -0.756 e. The Hall–Kier alpha value is 1.39. The van der Waals surface area contributed by atoms with Gasteiger partial charge in [0.25, 0.3) is 15.6 Å². The van der Waals surface area contributed by atoms with E-state index in [2.05, 4.69) is 18.1 Å². The van der Waals surface area contributed by atoms with Crippen LogP contribution in [0.25, 0.3) is 0 Å². The van der Waals surface area contributed by atoms with Crippen molar-refractivity contribution in [3.05, 3.63) is 0 Å². The number of carboxylic acids is 1. The molecule has 0 aromatic heterocycles. The number of carbonyl (C=O) groups excluding carboxylic acids is 3. The first kappa shape index (κ1) is 41.4. The van der Waals surface area contributed by atoms with Crippen molar-refractivity contribution in [1.29, 1.82) is 0 Å². The van der Waals surface area contributed by atoms with Crippen molar-refractivity contribution in [2.24, 2.45) is 0 Å². The van der Waals surface area contributed by atoms with Crippen molar-refractivity contribution >= 4 is 33.6 Å². The maximum atomic E-state index is 12.0. The number of aliphatic hydroxyl groups excluding tert-OH is 5.